The molecular formula is C29H31N5O4. The molecule has 38 heavy (non-hydrogen) atoms. The molecule has 0 saturated carbocycles. The summed E-state index contributed by atoms with van der Waals surface area (Å²) in [5.74, 6) is 0.294. The van der Waals surface area contributed by atoms with Crippen LogP contribution in [0.5, 0.6) is 5.75 Å². The van der Waals surface area contributed by atoms with Crippen molar-refractivity contribution in [1.29, 1.82) is 0 Å². The fourth-order valence-corrected chi connectivity index (χ4v) is 4.92. The quantitative estimate of drug-likeness (QED) is 0.459. The van der Waals surface area contributed by atoms with Crippen molar-refractivity contribution in [2.45, 2.75) is 45.2 Å². The van der Waals surface area contributed by atoms with Gasteiger partial charge >= 0.3 is 6.03 Å². The molecule has 196 valence electrons. The van der Waals surface area contributed by atoms with Crippen molar-refractivity contribution < 1.29 is 19.1 Å². The second-order valence-corrected chi connectivity index (χ2v) is 10.8. The monoisotopic (exact) mass is 513 g/mol. The highest BCUT2D eigenvalue weighted by Crippen LogP contribution is 2.40. The van der Waals surface area contributed by atoms with E-state index in [4.69, 9.17) is 4.74 Å². The highest BCUT2D eigenvalue weighted by Gasteiger charge is 2.52. The van der Waals surface area contributed by atoms with Gasteiger partial charge < -0.3 is 20.3 Å². The van der Waals surface area contributed by atoms with Crippen molar-refractivity contribution in [3.05, 3.63) is 77.5 Å². The van der Waals surface area contributed by atoms with Crippen LogP contribution >= 0.6 is 0 Å². The van der Waals surface area contributed by atoms with Gasteiger partial charge in [0.2, 0.25) is 0 Å². The number of nitrogens with zero attached hydrogens (tertiary/aromatic N) is 3. The van der Waals surface area contributed by atoms with Crippen molar-refractivity contribution in [2.75, 3.05) is 29.2 Å². The van der Waals surface area contributed by atoms with Gasteiger partial charge in [-0.05, 0) is 67.4 Å². The van der Waals surface area contributed by atoms with E-state index in [-0.39, 0.29) is 23.8 Å². The zero-order chi connectivity index (χ0) is 27.2. The number of rotatable bonds is 6. The summed E-state index contributed by atoms with van der Waals surface area (Å²) < 4.78 is 5.19. The van der Waals surface area contributed by atoms with Gasteiger partial charge in [-0.25, -0.2) is 14.7 Å². The average molecular weight is 514 g/mol. The lowest BCUT2D eigenvalue weighted by Gasteiger charge is -2.27. The minimum atomic E-state index is -1.06. The van der Waals surface area contributed by atoms with Crippen molar-refractivity contribution in [2.24, 2.45) is 0 Å². The van der Waals surface area contributed by atoms with E-state index in [0.717, 1.165) is 23.4 Å². The smallest absolute Gasteiger partial charge is 0.332 e. The minimum absolute atomic E-state index is 0.0146. The lowest BCUT2D eigenvalue weighted by Crippen LogP contribution is -2.43. The van der Waals surface area contributed by atoms with Gasteiger partial charge in [0, 0.05) is 36.0 Å². The van der Waals surface area contributed by atoms with Crippen LogP contribution in [0.15, 0.2) is 60.8 Å². The van der Waals surface area contributed by atoms with Crippen molar-refractivity contribution in [3.8, 4) is 5.75 Å². The van der Waals surface area contributed by atoms with Gasteiger partial charge in [0.1, 0.15) is 17.1 Å². The maximum atomic E-state index is 13.6. The summed E-state index contributed by atoms with van der Waals surface area (Å²) in [6.07, 6.45) is 1.57. The first kappa shape index (κ1) is 25.3. The Morgan fingerprint density at radius 1 is 1.08 bits per heavy atom. The summed E-state index contributed by atoms with van der Waals surface area (Å²) in [4.78, 5) is 46.8. The van der Waals surface area contributed by atoms with Crippen LogP contribution in [0.1, 0.15) is 49.2 Å². The molecule has 0 bridgehead atoms. The van der Waals surface area contributed by atoms with Crippen LogP contribution in [0.25, 0.3) is 0 Å². The Bertz CT molecular complexity index is 1450. The Kier molecular flexibility index (Phi) is 6.09. The van der Waals surface area contributed by atoms with Gasteiger partial charge in [-0.15, -0.1) is 0 Å². The number of hydrogen-bond donors (Lipinski definition) is 2. The molecule has 9 heteroatoms. The molecule has 0 aliphatic carbocycles. The van der Waals surface area contributed by atoms with Crippen LogP contribution in [0.2, 0.25) is 0 Å². The van der Waals surface area contributed by atoms with Gasteiger partial charge in [0.25, 0.3) is 11.8 Å². The van der Waals surface area contributed by atoms with E-state index in [0.29, 0.717) is 22.8 Å². The molecule has 0 spiro atoms. The zero-order valence-corrected chi connectivity index (χ0v) is 22.2. The van der Waals surface area contributed by atoms with Crippen LogP contribution in [0.4, 0.5) is 22.0 Å². The standard InChI is InChI=1S/C29H31N5O4/c1-28(2)17-31-23-15-20(9-10-22(23)28)34-26(36)29(3,4)33(27(34)37)16-18-11-12-30-24(13-18)32-25(35)19-7-6-8-21(14-19)38-5/h6-15,31H,16-17H2,1-5H3,(H,30,32,35). The summed E-state index contributed by atoms with van der Waals surface area (Å²) in [7, 11) is 1.54. The summed E-state index contributed by atoms with van der Waals surface area (Å²) in [6, 6.07) is 15.6. The van der Waals surface area contributed by atoms with E-state index in [1.807, 2.05) is 18.2 Å². The number of imide groups is 1. The molecule has 0 radical (unpaired) electrons. The van der Waals surface area contributed by atoms with E-state index in [1.54, 1.807) is 61.3 Å². The normalized spacial score (nSPS) is 17.3. The van der Waals surface area contributed by atoms with Crippen LogP contribution in [-0.2, 0) is 16.8 Å². The van der Waals surface area contributed by atoms with E-state index in [1.165, 1.54) is 12.0 Å². The number of fused-ring (bicyclic) bond motifs is 1. The third kappa shape index (κ3) is 4.34. The van der Waals surface area contributed by atoms with Crippen molar-refractivity contribution >= 4 is 35.0 Å². The molecule has 1 aromatic heterocycles. The molecule has 2 aromatic carbocycles. The van der Waals surface area contributed by atoms with Gasteiger partial charge in [-0.1, -0.05) is 26.0 Å². The van der Waals surface area contributed by atoms with Crippen LogP contribution in [0, 0.1) is 0 Å². The SMILES string of the molecule is COc1cccc(C(=O)Nc2cc(CN3C(=O)N(c4ccc5c(c4)NCC5(C)C)C(=O)C3(C)C)ccn2)c1. The van der Waals surface area contributed by atoms with Gasteiger partial charge in [-0.2, -0.15) is 0 Å². The third-order valence-corrected chi connectivity index (χ3v) is 7.27. The van der Waals surface area contributed by atoms with E-state index < -0.39 is 11.6 Å². The maximum absolute atomic E-state index is 13.6. The fraction of sp³-hybridized carbons (Fsp3) is 0.310. The van der Waals surface area contributed by atoms with E-state index in [2.05, 4.69) is 29.5 Å². The Labute approximate surface area is 221 Å². The minimum Gasteiger partial charge on any atom is -0.497 e. The van der Waals surface area contributed by atoms with Crippen molar-refractivity contribution in [3.63, 3.8) is 0 Å². The van der Waals surface area contributed by atoms with Gasteiger partial charge in [0.05, 0.1) is 12.8 Å². The second kappa shape index (κ2) is 9.16. The molecule has 2 aliphatic rings. The number of anilines is 3. The highest BCUT2D eigenvalue weighted by molar-refractivity contribution is 6.23. The molecule has 1 fully saturated rings. The number of ether oxygens (including phenoxy) is 1. The molecule has 0 atom stereocenters. The molecule has 5 rings (SSSR count). The number of pyridine rings is 1. The number of hydrogen-bond acceptors (Lipinski definition) is 6. The van der Waals surface area contributed by atoms with Crippen LogP contribution in [-0.4, -0.2) is 46.9 Å². The number of nitrogens with one attached hydrogen (secondary N) is 2. The Morgan fingerprint density at radius 2 is 1.87 bits per heavy atom. The number of carbonyl (C=O) groups is 3. The number of urea groups is 1. The molecule has 3 heterocycles. The molecule has 2 N–H and O–H groups in total. The van der Waals surface area contributed by atoms with Crippen LogP contribution in [0.3, 0.4) is 0 Å². The van der Waals surface area contributed by atoms with Crippen molar-refractivity contribution in [1.82, 2.24) is 9.88 Å². The lowest BCUT2D eigenvalue weighted by molar-refractivity contribution is -0.123. The lowest BCUT2D eigenvalue weighted by atomic mass is 9.87. The van der Waals surface area contributed by atoms with E-state index in [9.17, 15) is 14.4 Å². The summed E-state index contributed by atoms with van der Waals surface area (Å²) in [6.45, 7) is 8.78. The predicted octanol–water partition coefficient (Wildman–Crippen LogP) is 4.79. The molecule has 9 nitrogen and oxygen atoms in total. The first-order valence-corrected chi connectivity index (χ1v) is 12.5. The summed E-state index contributed by atoms with van der Waals surface area (Å²) in [5.41, 5.74) is 2.73. The van der Waals surface area contributed by atoms with Gasteiger partial charge in [-0.3, -0.25) is 9.59 Å². The molecule has 0 unspecified atom stereocenters. The topological polar surface area (TPSA) is 104 Å². The second-order valence-electron chi connectivity index (χ2n) is 10.8. The van der Waals surface area contributed by atoms with Gasteiger partial charge in [0.15, 0.2) is 0 Å². The summed E-state index contributed by atoms with van der Waals surface area (Å²) >= 11 is 0. The fourth-order valence-electron chi connectivity index (χ4n) is 4.92. The Hall–Kier alpha value is -4.40. The van der Waals surface area contributed by atoms with E-state index >= 15 is 0 Å². The number of aromatic nitrogens is 1. The molecular weight excluding hydrogens is 482 g/mol. The molecule has 2 aliphatic heterocycles. The average Bonchev–Trinajstić information content (AvgIpc) is 3.28. The third-order valence-electron chi connectivity index (χ3n) is 7.27. The number of methoxy groups -OCH3 is 1. The van der Waals surface area contributed by atoms with Crippen LogP contribution < -0.4 is 20.3 Å². The predicted molar refractivity (Wildman–Crippen MR) is 146 cm³/mol. The molecule has 4 amide bonds. The maximum Gasteiger partial charge on any atom is 0.332 e. The highest BCUT2D eigenvalue weighted by atomic mass is 16.5. The zero-order valence-electron chi connectivity index (χ0n) is 22.2. The largest absolute Gasteiger partial charge is 0.497 e. The first-order valence-electron chi connectivity index (χ1n) is 12.5. The first-order chi connectivity index (χ1) is 18.0. The Balaban J connectivity index is 1.36. The molecule has 1 saturated heterocycles. The number of carbonyl (C=O) groups excluding carboxylic acids is 3. The summed E-state index contributed by atoms with van der Waals surface area (Å²) in [5, 5.41) is 6.17. The number of benzene rings is 2. The molecule has 3 aromatic rings. The Morgan fingerprint density at radius 3 is 2.63 bits per heavy atom. The number of amides is 4.